The Balaban J connectivity index is 2.63. The second kappa shape index (κ2) is 4.93. The van der Waals surface area contributed by atoms with E-state index in [4.69, 9.17) is 4.74 Å². The van der Waals surface area contributed by atoms with Gasteiger partial charge in [-0.15, -0.1) is 11.3 Å². The van der Waals surface area contributed by atoms with Gasteiger partial charge in [-0.05, 0) is 48.6 Å². The summed E-state index contributed by atoms with van der Waals surface area (Å²) < 4.78 is 6.37. The van der Waals surface area contributed by atoms with Gasteiger partial charge in [-0.2, -0.15) is 0 Å². The molecule has 1 aromatic heterocycles. The molecule has 4 heteroatoms. The molecule has 0 radical (unpaired) electrons. The van der Waals surface area contributed by atoms with Crippen molar-refractivity contribution in [3.8, 4) is 0 Å². The molecule has 0 N–H and O–H groups in total. The molecule has 0 amide bonds. The second-order valence-electron chi connectivity index (χ2n) is 2.97. The lowest BCUT2D eigenvalue weighted by molar-refractivity contribution is -0.143. The van der Waals surface area contributed by atoms with Crippen LogP contribution in [-0.4, -0.2) is 5.97 Å². The maximum atomic E-state index is 11.2. The fraction of sp³-hybridized carbons (Fsp3) is 0.300. The van der Waals surface area contributed by atoms with E-state index in [0.29, 0.717) is 5.57 Å². The van der Waals surface area contributed by atoms with Crippen molar-refractivity contribution in [3.05, 3.63) is 32.0 Å². The van der Waals surface area contributed by atoms with Crippen LogP contribution in [0.5, 0.6) is 0 Å². The van der Waals surface area contributed by atoms with Crippen molar-refractivity contribution in [3.63, 3.8) is 0 Å². The fourth-order valence-electron chi connectivity index (χ4n) is 0.866. The molecule has 1 atom stereocenters. The molecule has 1 aromatic rings. The average Bonchev–Trinajstić information content (AvgIpc) is 2.51. The third kappa shape index (κ3) is 3.09. The fourth-order valence-corrected chi connectivity index (χ4v) is 2.52. The molecule has 1 heterocycles. The van der Waals surface area contributed by atoms with Crippen LogP contribution in [0, 0.1) is 2.88 Å². The first-order valence-electron chi connectivity index (χ1n) is 4.12. The zero-order valence-electron chi connectivity index (χ0n) is 8.04. The van der Waals surface area contributed by atoms with Crippen molar-refractivity contribution < 1.29 is 9.53 Å². The number of esters is 1. The summed E-state index contributed by atoms with van der Waals surface area (Å²) in [5.74, 6) is -0.332. The minimum atomic E-state index is -0.332. The summed E-state index contributed by atoms with van der Waals surface area (Å²) in [6.07, 6.45) is -0.187. The van der Waals surface area contributed by atoms with E-state index in [2.05, 4.69) is 29.2 Å². The van der Waals surface area contributed by atoms with Gasteiger partial charge in [-0.25, -0.2) is 4.79 Å². The predicted molar refractivity (Wildman–Crippen MR) is 66.4 cm³/mol. The molecule has 1 unspecified atom stereocenters. The van der Waals surface area contributed by atoms with Gasteiger partial charge in [-0.1, -0.05) is 6.58 Å². The molecule has 0 aromatic carbocycles. The van der Waals surface area contributed by atoms with Crippen LogP contribution in [0.2, 0.25) is 0 Å². The minimum Gasteiger partial charge on any atom is -0.454 e. The number of hydrogen-bond acceptors (Lipinski definition) is 3. The van der Waals surface area contributed by atoms with Crippen LogP contribution < -0.4 is 0 Å². The van der Waals surface area contributed by atoms with Gasteiger partial charge in [0.05, 0.1) is 2.88 Å². The Bertz CT molecular complexity index is 357. The Labute approximate surface area is 101 Å². The Morgan fingerprint density at radius 3 is 2.71 bits per heavy atom. The summed E-state index contributed by atoms with van der Waals surface area (Å²) in [6.45, 7) is 7.04. The number of carbonyl (C=O) groups excluding carboxylic acids is 1. The monoisotopic (exact) mass is 322 g/mol. The van der Waals surface area contributed by atoms with E-state index in [9.17, 15) is 4.79 Å². The van der Waals surface area contributed by atoms with E-state index in [1.165, 1.54) is 2.88 Å². The topological polar surface area (TPSA) is 26.3 Å². The minimum absolute atomic E-state index is 0.187. The third-order valence-electron chi connectivity index (χ3n) is 1.63. The van der Waals surface area contributed by atoms with Crippen LogP contribution in [0.15, 0.2) is 24.3 Å². The molecule has 0 spiro atoms. The van der Waals surface area contributed by atoms with E-state index in [0.717, 1.165) is 4.88 Å². The van der Waals surface area contributed by atoms with Gasteiger partial charge in [0.1, 0.15) is 6.10 Å². The van der Waals surface area contributed by atoms with Gasteiger partial charge in [-0.3, -0.25) is 0 Å². The first kappa shape index (κ1) is 11.7. The van der Waals surface area contributed by atoms with E-state index in [1.807, 2.05) is 19.1 Å². The summed E-state index contributed by atoms with van der Waals surface area (Å²) >= 11 is 3.87. The summed E-state index contributed by atoms with van der Waals surface area (Å²) in [5, 5.41) is 0. The van der Waals surface area contributed by atoms with Crippen molar-refractivity contribution in [2.75, 3.05) is 0 Å². The van der Waals surface area contributed by atoms with E-state index in [-0.39, 0.29) is 12.1 Å². The number of hydrogen-bond donors (Lipinski definition) is 0. The number of thiophene rings is 1. The highest BCUT2D eigenvalue weighted by Gasteiger charge is 2.13. The lowest BCUT2D eigenvalue weighted by Gasteiger charge is -2.10. The number of carbonyl (C=O) groups is 1. The van der Waals surface area contributed by atoms with E-state index >= 15 is 0 Å². The molecule has 0 saturated heterocycles. The van der Waals surface area contributed by atoms with Gasteiger partial charge in [0.2, 0.25) is 0 Å². The molecule has 76 valence electrons. The molecule has 0 aliphatic rings. The zero-order chi connectivity index (χ0) is 10.7. The quantitative estimate of drug-likeness (QED) is 0.483. The Morgan fingerprint density at radius 2 is 2.29 bits per heavy atom. The molecule has 0 aliphatic heterocycles. The van der Waals surface area contributed by atoms with Crippen molar-refractivity contribution in [1.82, 2.24) is 0 Å². The predicted octanol–water partition coefficient (Wildman–Crippen LogP) is 3.53. The van der Waals surface area contributed by atoms with Gasteiger partial charge in [0.15, 0.2) is 0 Å². The van der Waals surface area contributed by atoms with Crippen LogP contribution in [-0.2, 0) is 9.53 Å². The highest BCUT2D eigenvalue weighted by atomic mass is 127. The number of rotatable bonds is 3. The second-order valence-corrected chi connectivity index (χ2v) is 5.98. The summed E-state index contributed by atoms with van der Waals surface area (Å²) in [7, 11) is 0. The molecule has 2 nitrogen and oxygen atoms in total. The number of ether oxygens (including phenoxy) is 1. The number of halogens is 1. The van der Waals surface area contributed by atoms with Crippen molar-refractivity contribution >= 4 is 39.9 Å². The van der Waals surface area contributed by atoms with E-state index < -0.39 is 0 Å². The zero-order valence-corrected chi connectivity index (χ0v) is 11.0. The first-order valence-corrected chi connectivity index (χ1v) is 6.02. The SMILES string of the molecule is C=C(C)C(=O)OC(C)c1ccc(I)s1. The van der Waals surface area contributed by atoms with Crippen LogP contribution >= 0.6 is 33.9 Å². The highest BCUT2D eigenvalue weighted by molar-refractivity contribution is 14.1. The van der Waals surface area contributed by atoms with Crippen molar-refractivity contribution in [2.24, 2.45) is 0 Å². The van der Waals surface area contributed by atoms with Crippen molar-refractivity contribution in [1.29, 1.82) is 0 Å². The average molecular weight is 322 g/mol. The molecule has 0 fully saturated rings. The Hall–Kier alpha value is -0.360. The molecule has 14 heavy (non-hydrogen) atoms. The Morgan fingerprint density at radius 1 is 1.64 bits per heavy atom. The van der Waals surface area contributed by atoms with Crippen LogP contribution in [0.25, 0.3) is 0 Å². The summed E-state index contributed by atoms with van der Waals surface area (Å²) in [6, 6.07) is 3.98. The summed E-state index contributed by atoms with van der Waals surface area (Å²) in [4.78, 5) is 12.3. The molecular weight excluding hydrogens is 311 g/mol. The molecular formula is C10H11IO2S. The van der Waals surface area contributed by atoms with Gasteiger partial charge in [0.25, 0.3) is 0 Å². The lowest BCUT2D eigenvalue weighted by Crippen LogP contribution is -2.07. The molecule has 1 rings (SSSR count). The lowest BCUT2D eigenvalue weighted by atomic mass is 10.3. The third-order valence-corrected chi connectivity index (χ3v) is 3.68. The van der Waals surface area contributed by atoms with Gasteiger partial charge < -0.3 is 4.74 Å². The van der Waals surface area contributed by atoms with Crippen LogP contribution in [0.4, 0.5) is 0 Å². The maximum Gasteiger partial charge on any atom is 0.333 e. The molecule has 0 aliphatic carbocycles. The van der Waals surface area contributed by atoms with Crippen LogP contribution in [0.3, 0.4) is 0 Å². The smallest absolute Gasteiger partial charge is 0.333 e. The largest absolute Gasteiger partial charge is 0.454 e. The van der Waals surface area contributed by atoms with E-state index in [1.54, 1.807) is 18.3 Å². The molecule has 0 saturated carbocycles. The summed E-state index contributed by atoms with van der Waals surface area (Å²) in [5.41, 5.74) is 0.433. The Kier molecular flexibility index (Phi) is 4.12. The standard InChI is InChI=1S/C10H11IO2S/c1-6(2)10(12)13-7(3)8-4-5-9(11)14-8/h4-5,7H,1H2,2-3H3. The van der Waals surface area contributed by atoms with Gasteiger partial charge in [0, 0.05) is 10.5 Å². The van der Waals surface area contributed by atoms with Gasteiger partial charge >= 0.3 is 5.97 Å². The molecule has 0 bridgehead atoms. The first-order chi connectivity index (χ1) is 6.50. The van der Waals surface area contributed by atoms with Crippen LogP contribution in [0.1, 0.15) is 24.8 Å². The normalized spacial score (nSPS) is 12.2. The highest BCUT2D eigenvalue weighted by Crippen LogP contribution is 2.26. The maximum absolute atomic E-state index is 11.2. The van der Waals surface area contributed by atoms with Crippen molar-refractivity contribution in [2.45, 2.75) is 20.0 Å².